The van der Waals surface area contributed by atoms with Gasteiger partial charge in [0, 0.05) is 5.56 Å². The lowest BCUT2D eigenvalue weighted by Gasteiger charge is -2.43. The van der Waals surface area contributed by atoms with Gasteiger partial charge in [-0.2, -0.15) is 0 Å². The van der Waals surface area contributed by atoms with E-state index in [4.69, 9.17) is 4.42 Å². The number of nitrogens with zero attached hydrogens (tertiary/aromatic N) is 1. The molecule has 4 nitrogen and oxygen atoms in total. The van der Waals surface area contributed by atoms with Crippen LogP contribution in [0.5, 0.6) is 0 Å². The Bertz CT molecular complexity index is 852. The van der Waals surface area contributed by atoms with Crippen molar-refractivity contribution in [3.8, 4) is 11.5 Å². The van der Waals surface area contributed by atoms with Crippen molar-refractivity contribution >= 4 is 5.91 Å². The van der Waals surface area contributed by atoms with E-state index in [0.717, 1.165) is 24.8 Å². The Kier molecular flexibility index (Phi) is 4.10. The molecule has 4 rings (SSSR count). The van der Waals surface area contributed by atoms with Crippen LogP contribution in [0.15, 0.2) is 71.3 Å². The van der Waals surface area contributed by atoms with Gasteiger partial charge in [0.1, 0.15) is 6.26 Å². The number of carbonyl (C=O) groups is 1. The molecule has 1 saturated carbocycles. The molecule has 25 heavy (non-hydrogen) atoms. The second kappa shape index (κ2) is 6.55. The highest BCUT2D eigenvalue weighted by molar-refractivity contribution is 5.79. The lowest BCUT2D eigenvalue weighted by atomic mass is 9.71. The van der Waals surface area contributed by atoms with Gasteiger partial charge in [0.15, 0.2) is 0 Å². The maximum absolute atomic E-state index is 12.5. The van der Waals surface area contributed by atoms with E-state index >= 15 is 0 Å². The van der Waals surface area contributed by atoms with E-state index in [1.807, 2.05) is 48.5 Å². The van der Waals surface area contributed by atoms with Gasteiger partial charge in [-0.15, -0.1) is 0 Å². The summed E-state index contributed by atoms with van der Waals surface area (Å²) < 4.78 is 5.52. The zero-order chi connectivity index (χ0) is 17.1. The molecule has 0 unspecified atom stereocenters. The summed E-state index contributed by atoms with van der Waals surface area (Å²) in [5.74, 6) is 0.529. The number of aromatic nitrogens is 1. The minimum absolute atomic E-state index is 0.0172. The smallest absolute Gasteiger partial charge is 0.226 e. The van der Waals surface area contributed by atoms with Crippen molar-refractivity contribution in [2.24, 2.45) is 0 Å². The molecule has 0 bridgehead atoms. The fourth-order valence-corrected chi connectivity index (χ4v) is 3.35. The van der Waals surface area contributed by atoms with Gasteiger partial charge in [-0.3, -0.25) is 4.79 Å². The number of nitrogens with one attached hydrogen (secondary N) is 1. The Morgan fingerprint density at radius 2 is 1.72 bits per heavy atom. The van der Waals surface area contributed by atoms with Crippen molar-refractivity contribution in [3.63, 3.8) is 0 Å². The van der Waals surface area contributed by atoms with Crippen molar-refractivity contribution < 1.29 is 9.21 Å². The highest BCUT2D eigenvalue weighted by atomic mass is 16.3. The predicted octanol–water partition coefficient (Wildman–Crippen LogP) is 4.08. The zero-order valence-electron chi connectivity index (χ0n) is 13.9. The SMILES string of the molecule is O=C(Cc1coc(-c2ccccc2)n1)NC1(c2ccccc2)CCC1. The van der Waals surface area contributed by atoms with Crippen molar-refractivity contribution in [1.82, 2.24) is 10.3 Å². The highest BCUT2D eigenvalue weighted by Crippen LogP contribution is 2.41. The van der Waals surface area contributed by atoms with Crippen molar-refractivity contribution in [3.05, 3.63) is 78.2 Å². The normalized spacial score (nSPS) is 15.4. The first-order chi connectivity index (χ1) is 12.3. The van der Waals surface area contributed by atoms with Crippen LogP contribution in [0.25, 0.3) is 11.5 Å². The van der Waals surface area contributed by atoms with Crippen LogP contribution in [0, 0.1) is 0 Å². The van der Waals surface area contributed by atoms with Gasteiger partial charge in [-0.25, -0.2) is 4.98 Å². The van der Waals surface area contributed by atoms with Crippen LogP contribution in [-0.4, -0.2) is 10.9 Å². The molecule has 0 saturated heterocycles. The van der Waals surface area contributed by atoms with Gasteiger partial charge in [0.25, 0.3) is 0 Å². The summed E-state index contributed by atoms with van der Waals surface area (Å²) in [7, 11) is 0. The van der Waals surface area contributed by atoms with Crippen LogP contribution >= 0.6 is 0 Å². The average Bonchev–Trinajstić information content (AvgIpc) is 3.08. The molecule has 1 amide bonds. The summed E-state index contributed by atoms with van der Waals surface area (Å²) in [4.78, 5) is 17.0. The molecule has 3 aromatic rings. The quantitative estimate of drug-likeness (QED) is 0.766. The second-order valence-electron chi connectivity index (χ2n) is 6.54. The molecule has 126 valence electrons. The first kappa shape index (κ1) is 15.6. The van der Waals surface area contributed by atoms with Crippen molar-refractivity contribution in [1.29, 1.82) is 0 Å². The monoisotopic (exact) mass is 332 g/mol. The van der Waals surface area contributed by atoms with E-state index < -0.39 is 0 Å². The Balaban J connectivity index is 1.45. The number of hydrogen-bond acceptors (Lipinski definition) is 3. The summed E-state index contributed by atoms with van der Waals surface area (Å²) in [6.07, 6.45) is 4.90. The topological polar surface area (TPSA) is 55.1 Å². The lowest BCUT2D eigenvalue weighted by molar-refractivity contribution is -0.123. The first-order valence-corrected chi connectivity index (χ1v) is 8.62. The third kappa shape index (κ3) is 3.20. The predicted molar refractivity (Wildman–Crippen MR) is 95.8 cm³/mol. The molecular weight excluding hydrogens is 312 g/mol. The van der Waals surface area contributed by atoms with E-state index in [0.29, 0.717) is 11.6 Å². The number of amides is 1. The van der Waals surface area contributed by atoms with Gasteiger partial charge in [0.2, 0.25) is 11.8 Å². The van der Waals surface area contributed by atoms with E-state index in [1.165, 1.54) is 5.56 Å². The van der Waals surface area contributed by atoms with Crippen LogP contribution in [-0.2, 0) is 16.8 Å². The van der Waals surface area contributed by atoms with Crippen molar-refractivity contribution in [2.75, 3.05) is 0 Å². The Labute approximate surface area is 146 Å². The van der Waals surface area contributed by atoms with Gasteiger partial charge < -0.3 is 9.73 Å². The van der Waals surface area contributed by atoms with Gasteiger partial charge in [0.05, 0.1) is 17.7 Å². The average molecular weight is 332 g/mol. The largest absolute Gasteiger partial charge is 0.444 e. The number of hydrogen-bond donors (Lipinski definition) is 1. The third-order valence-electron chi connectivity index (χ3n) is 4.83. The first-order valence-electron chi connectivity index (χ1n) is 8.62. The molecule has 0 spiro atoms. The van der Waals surface area contributed by atoms with E-state index in [2.05, 4.69) is 22.4 Å². The molecule has 2 aromatic carbocycles. The van der Waals surface area contributed by atoms with Crippen LogP contribution < -0.4 is 5.32 Å². The molecule has 4 heteroatoms. The van der Waals surface area contributed by atoms with Crippen molar-refractivity contribution in [2.45, 2.75) is 31.2 Å². The summed E-state index contributed by atoms with van der Waals surface area (Å²) in [6.45, 7) is 0. The minimum Gasteiger partial charge on any atom is -0.444 e. The molecular formula is C21H20N2O2. The number of oxazole rings is 1. The molecule has 1 N–H and O–H groups in total. The zero-order valence-corrected chi connectivity index (χ0v) is 13.9. The third-order valence-corrected chi connectivity index (χ3v) is 4.83. The van der Waals surface area contributed by atoms with Crippen LogP contribution in [0.3, 0.4) is 0 Å². The van der Waals surface area contributed by atoms with Gasteiger partial charge in [-0.1, -0.05) is 48.5 Å². The molecule has 1 heterocycles. The molecule has 0 radical (unpaired) electrons. The molecule has 1 aromatic heterocycles. The Morgan fingerprint density at radius 1 is 1.04 bits per heavy atom. The number of carbonyl (C=O) groups excluding carboxylic acids is 1. The number of rotatable bonds is 5. The van der Waals surface area contributed by atoms with Crippen LogP contribution in [0.1, 0.15) is 30.5 Å². The van der Waals surface area contributed by atoms with Gasteiger partial charge in [-0.05, 0) is 37.0 Å². The summed E-state index contributed by atoms with van der Waals surface area (Å²) in [5.41, 5.74) is 2.53. The van der Waals surface area contributed by atoms with E-state index in [-0.39, 0.29) is 17.9 Å². The molecule has 1 fully saturated rings. The standard InChI is InChI=1S/C21H20N2O2/c24-19(23-21(12-7-13-21)17-10-5-2-6-11-17)14-18-15-25-20(22-18)16-8-3-1-4-9-16/h1-6,8-11,15H,7,12-14H2,(H,23,24). The molecule has 1 aliphatic rings. The molecule has 0 atom stereocenters. The Hall–Kier alpha value is -2.88. The molecule has 1 aliphatic carbocycles. The van der Waals surface area contributed by atoms with Crippen LogP contribution in [0.4, 0.5) is 0 Å². The maximum atomic E-state index is 12.5. The summed E-state index contributed by atoms with van der Waals surface area (Å²) in [6, 6.07) is 19.9. The maximum Gasteiger partial charge on any atom is 0.226 e. The summed E-state index contributed by atoms with van der Waals surface area (Å²) in [5, 5.41) is 3.22. The van der Waals surface area contributed by atoms with Gasteiger partial charge >= 0.3 is 0 Å². The minimum atomic E-state index is -0.218. The second-order valence-corrected chi connectivity index (χ2v) is 6.54. The van der Waals surface area contributed by atoms with E-state index in [1.54, 1.807) is 6.26 Å². The van der Waals surface area contributed by atoms with E-state index in [9.17, 15) is 4.79 Å². The Morgan fingerprint density at radius 3 is 2.36 bits per heavy atom. The highest BCUT2D eigenvalue weighted by Gasteiger charge is 2.39. The number of benzene rings is 2. The lowest BCUT2D eigenvalue weighted by Crippen LogP contribution is -2.51. The molecule has 0 aliphatic heterocycles. The van der Waals surface area contributed by atoms with Crippen LogP contribution in [0.2, 0.25) is 0 Å². The summed E-state index contributed by atoms with van der Waals surface area (Å²) >= 11 is 0. The fourth-order valence-electron chi connectivity index (χ4n) is 3.35. The fraction of sp³-hybridized carbons (Fsp3) is 0.238.